The van der Waals surface area contributed by atoms with Crippen LogP contribution in [0.25, 0.3) is 0 Å². The fraction of sp³-hybridized carbons (Fsp3) is 0.273. The molecule has 1 nitrogen and oxygen atoms in total. The van der Waals surface area contributed by atoms with E-state index in [1.165, 1.54) is 5.57 Å². The molecule has 0 aromatic carbocycles. The molecule has 0 heterocycles. The summed E-state index contributed by atoms with van der Waals surface area (Å²) in [7, 11) is 0. The first-order chi connectivity index (χ1) is 6.33. The summed E-state index contributed by atoms with van der Waals surface area (Å²) >= 11 is 5.21. The van der Waals surface area contributed by atoms with Crippen molar-refractivity contribution < 1.29 is 0 Å². The van der Waals surface area contributed by atoms with E-state index >= 15 is 0 Å². The Hall–Kier alpha value is -1.20. The molecule has 0 fully saturated rings. The second-order valence-corrected chi connectivity index (χ2v) is 3.67. The van der Waals surface area contributed by atoms with Crippen LogP contribution in [0.15, 0.2) is 34.9 Å². The SMILES string of the molecule is N#CC1=C2C(=S)C=CC=C2CCC1. The minimum Gasteiger partial charge on any atom is -0.193 e. The van der Waals surface area contributed by atoms with Crippen LogP contribution in [0.5, 0.6) is 0 Å². The van der Waals surface area contributed by atoms with Crippen LogP contribution in [0.4, 0.5) is 0 Å². The summed E-state index contributed by atoms with van der Waals surface area (Å²) < 4.78 is 0. The van der Waals surface area contributed by atoms with E-state index in [2.05, 4.69) is 12.1 Å². The van der Waals surface area contributed by atoms with Crippen LogP contribution in [0.2, 0.25) is 0 Å². The van der Waals surface area contributed by atoms with Crippen molar-refractivity contribution in [2.45, 2.75) is 19.3 Å². The molecule has 0 atom stereocenters. The highest BCUT2D eigenvalue weighted by Gasteiger charge is 2.20. The Morgan fingerprint density at radius 1 is 1.38 bits per heavy atom. The predicted octanol–water partition coefficient (Wildman–Crippen LogP) is 2.86. The Bertz CT molecular complexity index is 391. The van der Waals surface area contributed by atoms with Crippen LogP contribution >= 0.6 is 12.2 Å². The zero-order valence-electron chi connectivity index (χ0n) is 7.21. The van der Waals surface area contributed by atoms with Crippen LogP contribution in [0.1, 0.15) is 19.3 Å². The Kier molecular flexibility index (Phi) is 2.12. The first-order valence-electron chi connectivity index (χ1n) is 4.38. The fourth-order valence-electron chi connectivity index (χ4n) is 1.82. The van der Waals surface area contributed by atoms with Gasteiger partial charge in [-0.15, -0.1) is 0 Å². The van der Waals surface area contributed by atoms with E-state index < -0.39 is 0 Å². The molecule has 0 spiro atoms. The van der Waals surface area contributed by atoms with Gasteiger partial charge in [-0.2, -0.15) is 5.26 Å². The lowest BCUT2D eigenvalue weighted by Crippen LogP contribution is -2.10. The molecule has 0 unspecified atom stereocenters. The molecule has 0 radical (unpaired) electrons. The normalized spacial score (nSPS) is 20.8. The van der Waals surface area contributed by atoms with E-state index in [-0.39, 0.29) is 0 Å². The van der Waals surface area contributed by atoms with E-state index in [1.54, 1.807) is 0 Å². The summed E-state index contributed by atoms with van der Waals surface area (Å²) in [6.07, 6.45) is 8.97. The van der Waals surface area contributed by atoms with Gasteiger partial charge in [0.2, 0.25) is 0 Å². The van der Waals surface area contributed by atoms with Crippen molar-refractivity contribution in [2.75, 3.05) is 0 Å². The molecule has 2 heteroatoms. The second kappa shape index (κ2) is 3.27. The van der Waals surface area contributed by atoms with E-state index in [1.807, 2.05) is 12.2 Å². The van der Waals surface area contributed by atoms with E-state index in [4.69, 9.17) is 17.5 Å². The largest absolute Gasteiger partial charge is 0.193 e. The number of allylic oxidation sites excluding steroid dienone is 6. The van der Waals surface area contributed by atoms with E-state index in [9.17, 15) is 0 Å². The number of hydrogen-bond acceptors (Lipinski definition) is 2. The number of fused-ring (bicyclic) bond motifs is 1. The fourth-order valence-corrected chi connectivity index (χ4v) is 2.15. The molecule has 0 aromatic rings. The number of thiocarbonyl (C=S) groups is 1. The van der Waals surface area contributed by atoms with Gasteiger partial charge in [0.05, 0.1) is 6.07 Å². The van der Waals surface area contributed by atoms with Gasteiger partial charge in [-0.05, 0) is 30.9 Å². The van der Waals surface area contributed by atoms with Crippen LogP contribution in [0.3, 0.4) is 0 Å². The third-order valence-corrected chi connectivity index (χ3v) is 2.76. The minimum absolute atomic E-state index is 0.828. The van der Waals surface area contributed by atoms with Crippen molar-refractivity contribution in [3.05, 3.63) is 34.9 Å². The average molecular weight is 187 g/mol. The predicted molar refractivity (Wildman–Crippen MR) is 56.3 cm³/mol. The van der Waals surface area contributed by atoms with Gasteiger partial charge < -0.3 is 0 Å². The maximum atomic E-state index is 8.93. The van der Waals surface area contributed by atoms with E-state index in [0.717, 1.165) is 35.3 Å². The molecular weight excluding hydrogens is 178 g/mol. The third kappa shape index (κ3) is 1.36. The number of nitrogens with zero attached hydrogens (tertiary/aromatic N) is 1. The molecule has 0 aliphatic heterocycles. The van der Waals surface area contributed by atoms with Crippen LogP contribution in [0, 0.1) is 11.3 Å². The molecule has 0 aromatic heterocycles. The van der Waals surface area contributed by atoms with Gasteiger partial charge in [0.15, 0.2) is 0 Å². The number of rotatable bonds is 0. The standard InChI is InChI=1S/C11H9NS/c12-7-9-5-1-3-8-4-2-6-10(13)11(8)9/h2,4,6H,1,3,5H2. The molecule has 64 valence electrons. The van der Waals surface area contributed by atoms with Crippen molar-refractivity contribution in [1.29, 1.82) is 5.26 Å². The van der Waals surface area contributed by atoms with Crippen molar-refractivity contribution in [1.82, 2.24) is 0 Å². The smallest absolute Gasteiger partial charge is 0.0954 e. The Labute approximate surface area is 83.1 Å². The van der Waals surface area contributed by atoms with Gasteiger partial charge in [0.25, 0.3) is 0 Å². The molecule has 0 saturated heterocycles. The van der Waals surface area contributed by atoms with Gasteiger partial charge in [0.1, 0.15) is 0 Å². The van der Waals surface area contributed by atoms with Crippen molar-refractivity contribution in [2.24, 2.45) is 0 Å². The van der Waals surface area contributed by atoms with E-state index in [0.29, 0.717) is 0 Å². The lowest BCUT2D eigenvalue weighted by atomic mass is 9.84. The monoisotopic (exact) mass is 187 g/mol. The highest BCUT2D eigenvalue weighted by atomic mass is 32.1. The van der Waals surface area contributed by atoms with Crippen LogP contribution < -0.4 is 0 Å². The quantitative estimate of drug-likeness (QED) is 0.544. The van der Waals surface area contributed by atoms with Crippen molar-refractivity contribution >= 4 is 17.1 Å². The minimum atomic E-state index is 0.828. The van der Waals surface area contributed by atoms with Gasteiger partial charge in [-0.3, -0.25) is 0 Å². The van der Waals surface area contributed by atoms with Gasteiger partial charge in [-0.1, -0.05) is 24.4 Å². The highest BCUT2D eigenvalue weighted by Crippen LogP contribution is 2.32. The molecule has 0 bridgehead atoms. The Morgan fingerprint density at radius 2 is 2.23 bits per heavy atom. The Morgan fingerprint density at radius 3 is 3.00 bits per heavy atom. The van der Waals surface area contributed by atoms with Gasteiger partial charge >= 0.3 is 0 Å². The average Bonchev–Trinajstić information content (AvgIpc) is 2.17. The first-order valence-corrected chi connectivity index (χ1v) is 4.79. The van der Waals surface area contributed by atoms with Gasteiger partial charge in [-0.25, -0.2) is 0 Å². The zero-order chi connectivity index (χ0) is 9.26. The topological polar surface area (TPSA) is 23.8 Å². The molecule has 13 heavy (non-hydrogen) atoms. The summed E-state index contributed by atoms with van der Waals surface area (Å²) in [6.45, 7) is 0. The maximum Gasteiger partial charge on any atom is 0.0954 e. The highest BCUT2D eigenvalue weighted by molar-refractivity contribution is 7.81. The van der Waals surface area contributed by atoms with Gasteiger partial charge in [0, 0.05) is 16.0 Å². The first kappa shape index (κ1) is 8.40. The lowest BCUT2D eigenvalue weighted by molar-refractivity contribution is 0.791. The summed E-state index contributed by atoms with van der Waals surface area (Å²) in [4.78, 5) is 0.828. The zero-order valence-corrected chi connectivity index (χ0v) is 8.03. The summed E-state index contributed by atoms with van der Waals surface area (Å²) in [6, 6.07) is 2.25. The molecule has 2 rings (SSSR count). The number of nitriles is 1. The molecule has 2 aliphatic carbocycles. The molecular formula is C11H9NS. The number of hydrogen-bond donors (Lipinski definition) is 0. The van der Waals surface area contributed by atoms with Crippen LogP contribution in [-0.4, -0.2) is 4.86 Å². The van der Waals surface area contributed by atoms with Crippen molar-refractivity contribution in [3.63, 3.8) is 0 Å². The summed E-state index contributed by atoms with van der Waals surface area (Å²) in [5, 5.41) is 8.93. The van der Waals surface area contributed by atoms with Crippen LogP contribution in [-0.2, 0) is 0 Å². The third-order valence-electron chi connectivity index (χ3n) is 2.42. The lowest BCUT2D eigenvalue weighted by Gasteiger charge is -2.20. The second-order valence-electron chi connectivity index (χ2n) is 3.23. The molecule has 0 amide bonds. The molecule has 2 aliphatic rings. The van der Waals surface area contributed by atoms with Crippen molar-refractivity contribution in [3.8, 4) is 6.07 Å². The summed E-state index contributed by atoms with van der Waals surface area (Å²) in [5.41, 5.74) is 3.15. The Balaban J connectivity index is 2.57. The summed E-state index contributed by atoms with van der Waals surface area (Å²) in [5.74, 6) is 0. The molecule has 0 saturated carbocycles. The molecule has 0 N–H and O–H groups in total. The maximum absolute atomic E-state index is 8.93.